The number of benzene rings is 1. The Morgan fingerprint density at radius 2 is 2.33 bits per heavy atom. The average Bonchev–Trinajstić information content (AvgIpc) is 2.36. The first-order chi connectivity index (χ1) is 8.65. The third-order valence-corrected chi connectivity index (χ3v) is 3.69. The van der Waals surface area contributed by atoms with Crippen molar-refractivity contribution in [2.24, 2.45) is 0 Å². The molecule has 4 nitrogen and oxygen atoms in total. The summed E-state index contributed by atoms with van der Waals surface area (Å²) in [5, 5.41) is 6.70. The molecule has 0 aromatic heterocycles. The van der Waals surface area contributed by atoms with Crippen LogP contribution in [-0.4, -0.2) is 38.6 Å². The van der Waals surface area contributed by atoms with E-state index in [-0.39, 0.29) is 11.9 Å². The van der Waals surface area contributed by atoms with Crippen molar-refractivity contribution in [3.8, 4) is 0 Å². The van der Waals surface area contributed by atoms with Gasteiger partial charge in [0.15, 0.2) is 0 Å². The fourth-order valence-corrected chi connectivity index (χ4v) is 2.48. The standard InChI is InChI=1S/C13H18ClN3O/c1-9-10(14)4-3-5-11(9)17-7-6-16-13(18)12(17)8-15-2/h3-5,12,15H,6-8H2,1-2H3,(H,16,18). The van der Waals surface area contributed by atoms with Gasteiger partial charge in [-0.1, -0.05) is 17.7 Å². The molecular formula is C13H18ClN3O. The van der Waals surface area contributed by atoms with E-state index in [9.17, 15) is 4.79 Å². The first kappa shape index (κ1) is 13.2. The number of halogens is 1. The minimum atomic E-state index is -0.180. The lowest BCUT2D eigenvalue weighted by Crippen LogP contribution is -2.58. The second-order valence-corrected chi connectivity index (χ2v) is 4.85. The molecule has 0 bridgehead atoms. The number of hydrogen-bond acceptors (Lipinski definition) is 3. The van der Waals surface area contributed by atoms with E-state index in [1.807, 2.05) is 32.2 Å². The van der Waals surface area contributed by atoms with Gasteiger partial charge in [-0.15, -0.1) is 0 Å². The van der Waals surface area contributed by atoms with Gasteiger partial charge in [0.1, 0.15) is 6.04 Å². The maximum absolute atomic E-state index is 11.9. The quantitative estimate of drug-likeness (QED) is 0.864. The second kappa shape index (κ2) is 5.59. The molecule has 0 aliphatic carbocycles. The summed E-state index contributed by atoms with van der Waals surface area (Å²) in [6, 6.07) is 5.63. The SMILES string of the molecule is CNCC1C(=O)NCCN1c1cccc(Cl)c1C. The Morgan fingerprint density at radius 1 is 1.56 bits per heavy atom. The predicted molar refractivity (Wildman–Crippen MR) is 74.3 cm³/mol. The van der Waals surface area contributed by atoms with Crippen LogP contribution in [0.25, 0.3) is 0 Å². The molecule has 1 aromatic rings. The van der Waals surface area contributed by atoms with Gasteiger partial charge in [0, 0.05) is 30.3 Å². The normalized spacial score (nSPS) is 19.8. The van der Waals surface area contributed by atoms with Crippen LogP contribution in [0.3, 0.4) is 0 Å². The van der Waals surface area contributed by atoms with Crippen LogP contribution in [-0.2, 0) is 4.79 Å². The minimum absolute atomic E-state index is 0.0648. The van der Waals surface area contributed by atoms with E-state index in [4.69, 9.17) is 11.6 Å². The van der Waals surface area contributed by atoms with Crippen molar-refractivity contribution in [3.63, 3.8) is 0 Å². The van der Waals surface area contributed by atoms with E-state index in [0.29, 0.717) is 13.1 Å². The van der Waals surface area contributed by atoms with Gasteiger partial charge in [-0.05, 0) is 31.7 Å². The molecule has 0 saturated carbocycles. The number of hydrogen-bond donors (Lipinski definition) is 2. The predicted octanol–water partition coefficient (Wildman–Crippen LogP) is 1.17. The summed E-state index contributed by atoms with van der Waals surface area (Å²) in [4.78, 5) is 14.1. The van der Waals surface area contributed by atoms with E-state index in [1.165, 1.54) is 0 Å². The Labute approximate surface area is 112 Å². The van der Waals surface area contributed by atoms with Crippen molar-refractivity contribution in [1.82, 2.24) is 10.6 Å². The fraction of sp³-hybridized carbons (Fsp3) is 0.462. The third kappa shape index (κ3) is 2.44. The number of nitrogens with zero attached hydrogens (tertiary/aromatic N) is 1. The summed E-state index contributed by atoms with van der Waals surface area (Å²) in [5.74, 6) is 0.0648. The van der Waals surface area contributed by atoms with Gasteiger partial charge >= 0.3 is 0 Å². The van der Waals surface area contributed by atoms with Crippen molar-refractivity contribution in [2.45, 2.75) is 13.0 Å². The number of piperazine rings is 1. The van der Waals surface area contributed by atoms with Gasteiger partial charge in [-0.2, -0.15) is 0 Å². The minimum Gasteiger partial charge on any atom is -0.356 e. The highest BCUT2D eigenvalue weighted by atomic mass is 35.5. The van der Waals surface area contributed by atoms with Gasteiger partial charge < -0.3 is 15.5 Å². The molecule has 2 N–H and O–H groups in total. The molecule has 0 radical (unpaired) electrons. The van der Waals surface area contributed by atoms with E-state index >= 15 is 0 Å². The molecule has 1 unspecified atom stereocenters. The van der Waals surface area contributed by atoms with Crippen LogP contribution in [0, 0.1) is 6.92 Å². The van der Waals surface area contributed by atoms with Crippen molar-refractivity contribution < 1.29 is 4.79 Å². The summed E-state index contributed by atoms with van der Waals surface area (Å²) < 4.78 is 0. The van der Waals surface area contributed by atoms with E-state index < -0.39 is 0 Å². The van der Waals surface area contributed by atoms with Gasteiger partial charge in [-0.3, -0.25) is 4.79 Å². The molecule has 1 amide bonds. The number of carbonyl (C=O) groups excluding carboxylic acids is 1. The molecule has 1 atom stereocenters. The number of rotatable bonds is 3. The van der Waals surface area contributed by atoms with Crippen molar-refractivity contribution in [1.29, 1.82) is 0 Å². The summed E-state index contributed by atoms with van der Waals surface area (Å²) in [6.07, 6.45) is 0. The van der Waals surface area contributed by atoms with Crippen molar-refractivity contribution in [2.75, 3.05) is 31.6 Å². The largest absolute Gasteiger partial charge is 0.356 e. The molecule has 98 valence electrons. The monoisotopic (exact) mass is 267 g/mol. The van der Waals surface area contributed by atoms with Gasteiger partial charge in [-0.25, -0.2) is 0 Å². The first-order valence-electron chi connectivity index (χ1n) is 6.09. The molecule has 1 fully saturated rings. The Kier molecular flexibility index (Phi) is 4.09. The van der Waals surface area contributed by atoms with Crippen molar-refractivity contribution >= 4 is 23.2 Å². The molecule has 0 spiro atoms. The fourth-order valence-electron chi connectivity index (χ4n) is 2.31. The lowest BCUT2D eigenvalue weighted by molar-refractivity contribution is -0.123. The molecule has 1 heterocycles. The third-order valence-electron chi connectivity index (χ3n) is 3.28. The van der Waals surface area contributed by atoms with E-state index in [1.54, 1.807) is 0 Å². The number of carbonyl (C=O) groups is 1. The summed E-state index contributed by atoms with van der Waals surface area (Å²) in [5.41, 5.74) is 2.06. The molecule has 1 saturated heterocycles. The lowest BCUT2D eigenvalue weighted by atomic mass is 10.1. The Hall–Kier alpha value is -1.26. The van der Waals surface area contributed by atoms with E-state index in [2.05, 4.69) is 15.5 Å². The van der Waals surface area contributed by atoms with Crippen LogP contribution in [0.15, 0.2) is 18.2 Å². The van der Waals surface area contributed by atoms with Crippen molar-refractivity contribution in [3.05, 3.63) is 28.8 Å². The highest BCUT2D eigenvalue weighted by Gasteiger charge is 2.30. The molecule has 5 heteroatoms. The lowest BCUT2D eigenvalue weighted by Gasteiger charge is -2.37. The van der Waals surface area contributed by atoms with Crippen LogP contribution in [0.5, 0.6) is 0 Å². The van der Waals surface area contributed by atoms with Gasteiger partial charge in [0.2, 0.25) is 5.91 Å². The van der Waals surface area contributed by atoms with Crippen LogP contribution in [0.4, 0.5) is 5.69 Å². The Balaban J connectivity index is 2.34. The van der Waals surface area contributed by atoms with Crippen LogP contribution in [0.2, 0.25) is 5.02 Å². The van der Waals surface area contributed by atoms with Crippen LogP contribution < -0.4 is 15.5 Å². The summed E-state index contributed by atoms with van der Waals surface area (Å²) in [7, 11) is 1.85. The maximum atomic E-state index is 11.9. The van der Waals surface area contributed by atoms with E-state index in [0.717, 1.165) is 22.8 Å². The smallest absolute Gasteiger partial charge is 0.244 e. The zero-order valence-corrected chi connectivity index (χ0v) is 11.4. The Bertz CT molecular complexity index is 450. The van der Waals surface area contributed by atoms with Gasteiger partial charge in [0.25, 0.3) is 0 Å². The highest BCUT2D eigenvalue weighted by molar-refractivity contribution is 6.31. The first-order valence-corrected chi connectivity index (χ1v) is 6.47. The number of nitrogens with one attached hydrogen (secondary N) is 2. The zero-order valence-electron chi connectivity index (χ0n) is 10.7. The van der Waals surface area contributed by atoms with Crippen LogP contribution in [0.1, 0.15) is 5.56 Å². The number of likely N-dealkylation sites (N-methyl/N-ethyl adjacent to an activating group) is 1. The zero-order chi connectivity index (χ0) is 13.1. The van der Waals surface area contributed by atoms with Gasteiger partial charge in [0.05, 0.1) is 0 Å². The Morgan fingerprint density at radius 3 is 3.06 bits per heavy atom. The molecule has 2 rings (SSSR count). The molecule has 1 aromatic carbocycles. The topological polar surface area (TPSA) is 44.4 Å². The molecule has 18 heavy (non-hydrogen) atoms. The summed E-state index contributed by atoms with van der Waals surface area (Å²) >= 11 is 6.15. The molecule has 1 aliphatic heterocycles. The summed E-state index contributed by atoms with van der Waals surface area (Å²) in [6.45, 7) is 4.09. The molecular weight excluding hydrogens is 250 g/mol. The van der Waals surface area contributed by atoms with Crippen LogP contribution >= 0.6 is 11.6 Å². The molecule has 1 aliphatic rings. The number of anilines is 1. The highest BCUT2D eigenvalue weighted by Crippen LogP contribution is 2.28. The maximum Gasteiger partial charge on any atom is 0.244 e. The average molecular weight is 268 g/mol. The number of amides is 1. The second-order valence-electron chi connectivity index (χ2n) is 4.44.